The predicted molar refractivity (Wildman–Crippen MR) is 143 cm³/mol. The molecule has 8 nitrogen and oxygen atoms in total. The average Bonchev–Trinajstić information content (AvgIpc) is 3.28. The van der Waals surface area contributed by atoms with Crippen molar-refractivity contribution in [2.75, 3.05) is 35.8 Å². The first kappa shape index (κ1) is 25.7. The summed E-state index contributed by atoms with van der Waals surface area (Å²) >= 11 is 5.13. The van der Waals surface area contributed by atoms with E-state index in [-0.39, 0.29) is 35.5 Å². The number of carbonyl (C=O) groups excluding carboxylic acids is 1. The number of aromatic nitrogens is 2. The second-order valence-corrected chi connectivity index (χ2v) is 11.3. The van der Waals surface area contributed by atoms with E-state index in [4.69, 9.17) is 4.98 Å². The van der Waals surface area contributed by atoms with Gasteiger partial charge >= 0.3 is 0 Å². The number of pyridine rings is 1. The zero-order valence-corrected chi connectivity index (χ0v) is 22.1. The minimum Gasteiger partial charge on any atom is -0.345 e. The number of amides is 1. The number of piperazine rings is 1. The van der Waals surface area contributed by atoms with E-state index in [9.17, 15) is 13.2 Å². The van der Waals surface area contributed by atoms with Crippen LogP contribution in [0.25, 0.3) is 10.2 Å². The molecule has 1 aliphatic rings. The van der Waals surface area contributed by atoms with E-state index < -0.39 is 10.0 Å². The normalized spacial score (nSPS) is 14.0. The van der Waals surface area contributed by atoms with Crippen molar-refractivity contribution in [2.24, 2.45) is 0 Å². The number of thiazole rings is 1. The molecule has 1 N–H and O–H groups in total. The van der Waals surface area contributed by atoms with Crippen LogP contribution in [0.15, 0.2) is 76.4 Å². The third kappa shape index (κ3) is 5.55. The third-order valence-corrected chi connectivity index (χ3v) is 8.34. The van der Waals surface area contributed by atoms with Crippen molar-refractivity contribution in [3.63, 3.8) is 0 Å². The average molecular weight is 565 g/mol. The Balaban J connectivity index is 0.00000289. The molecule has 1 aliphatic heterocycles. The molecule has 35 heavy (non-hydrogen) atoms. The molecule has 1 fully saturated rings. The number of rotatable bonds is 5. The van der Waals surface area contributed by atoms with Gasteiger partial charge < -0.3 is 9.80 Å². The van der Waals surface area contributed by atoms with E-state index in [2.05, 4.69) is 36.6 Å². The van der Waals surface area contributed by atoms with E-state index in [1.807, 2.05) is 12.1 Å². The molecular weight excluding hydrogens is 545 g/mol. The number of hydrogen-bond donors (Lipinski definition) is 1. The fourth-order valence-electron chi connectivity index (χ4n) is 3.75. The molecule has 12 heteroatoms. The topological polar surface area (TPSA) is 95.5 Å². The first-order valence-electron chi connectivity index (χ1n) is 10.5. The predicted octanol–water partition coefficient (Wildman–Crippen LogP) is 3.84. The molecule has 0 spiro atoms. The summed E-state index contributed by atoms with van der Waals surface area (Å²) in [5.41, 5.74) is 1.49. The molecule has 0 aliphatic carbocycles. The van der Waals surface area contributed by atoms with E-state index in [1.165, 1.54) is 12.3 Å². The van der Waals surface area contributed by atoms with E-state index >= 15 is 0 Å². The second-order valence-electron chi connectivity index (χ2n) is 7.71. The Bertz CT molecular complexity index is 1460. The number of carbonyl (C=O) groups is 1. The van der Waals surface area contributed by atoms with Gasteiger partial charge in [-0.3, -0.25) is 9.52 Å². The van der Waals surface area contributed by atoms with Crippen LogP contribution >= 0.6 is 27.3 Å². The summed E-state index contributed by atoms with van der Waals surface area (Å²) in [4.78, 5) is 25.9. The van der Waals surface area contributed by atoms with Gasteiger partial charge in [-0.05, 0) is 42.5 Å². The summed E-state index contributed by atoms with van der Waals surface area (Å²) in [6, 6.07) is 17.3. The van der Waals surface area contributed by atoms with Gasteiger partial charge in [0.05, 0.1) is 21.5 Å². The molecule has 0 bridgehead atoms. The number of sulfonamides is 1. The van der Waals surface area contributed by atoms with Crippen molar-refractivity contribution in [1.82, 2.24) is 14.9 Å². The first-order chi connectivity index (χ1) is 16.4. The Hall–Kier alpha value is -2.42. The molecule has 1 amide bonds. The summed E-state index contributed by atoms with van der Waals surface area (Å²) in [7, 11) is -3.91. The maximum absolute atomic E-state index is 13.3. The van der Waals surface area contributed by atoms with Crippen molar-refractivity contribution >= 4 is 83.1 Å². The molecule has 0 unspecified atom stereocenters. The molecule has 4 aromatic rings. The van der Waals surface area contributed by atoms with Crippen LogP contribution in [0.3, 0.4) is 0 Å². The van der Waals surface area contributed by atoms with Crippen LogP contribution in [0.2, 0.25) is 0 Å². The standard InChI is InChI=1S/C23H20BrN5O3S2.Li/c24-16-8-9-19-20(15-16)33-23(26-19)29-13-11-28(12-14-29)22(30)17-5-1-2-6-18(17)27-34(31,32)21-7-3-4-10-25-21;/h1-10,15,27H,11-14H2;. The maximum Gasteiger partial charge on any atom is 0.279 e. The van der Waals surface area contributed by atoms with E-state index in [0.29, 0.717) is 31.7 Å². The number of nitrogens with zero attached hydrogens (tertiary/aromatic N) is 4. The molecule has 1 saturated heterocycles. The Kier molecular flexibility index (Phi) is 7.83. The molecule has 1 radical (unpaired) electrons. The van der Waals surface area contributed by atoms with Crippen LogP contribution in [0.1, 0.15) is 10.4 Å². The number of nitrogens with one attached hydrogen (secondary N) is 1. The molecule has 0 saturated carbocycles. The maximum atomic E-state index is 13.3. The van der Waals surface area contributed by atoms with E-state index in [1.54, 1.807) is 52.6 Å². The molecule has 175 valence electrons. The number of hydrogen-bond acceptors (Lipinski definition) is 7. The van der Waals surface area contributed by atoms with Gasteiger partial charge in [-0.2, -0.15) is 8.42 Å². The molecule has 3 heterocycles. The van der Waals surface area contributed by atoms with Crippen molar-refractivity contribution < 1.29 is 13.2 Å². The quantitative estimate of drug-likeness (QED) is 0.370. The van der Waals surface area contributed by atoms with Gasteiger partial charge in [0.1, 0.15) is 0 Å². The first-order valence-corrected chi connectivity index (χ1v) is 13.6. The van der Waals surface area contributed by atoms with Gasteiger partial charge in [-0.1, -0.05) is 45.5 Å². The van der Waals surface area contributed by atoms with E-state index in [0.717, 1.165) is 19.8 Å². The fraction of sp³-hybridized carbons (Fsp3) is 0.174. The SMILES string of the molecule is O=C(c1ccccc1NS(=O)(=O)c1ccccn1)N1CCN(c2nc3ccc(Br)cc3s2)CC1.[Li]. The van der Waals surface area contributed by atoms with Crippen LogP contribution in [0, 0.1) is 0 Å². The van der Waals surface area contributed by atoms with Crippen molar-refractivity contribution in [3.05, 3.63) is 76.9 Å². The van der Waals surface area contributed by atoms with Crippen molar-refractivity contribution in [3.8, 4) is 0 Å². The molecular formula is C23H20BrLiN5O3S2. The van der Waals surface area contributed by atoms with Gasteiger partial charge in [0.25, 0.3) is 15.9 Å². The zero-order valence-electron chi connectivity index (χ0n) is 18.9. The fourth-order valence-corrected chi connectivity index (χ4v) is 6.35. The van der Waals surface area contributed by atoms with Gasteiger partial charge in [0, 0.05) is 55.7 Å². The van der Waals surface area contributed by atoms with Gasteiger partial charge in [-0.25, -0.2) is 9.97 Å². The second kappa shape index (κ2) is 10.7. The monoisotopic (exact) mass is 564 g/mol. The molecule has 0 atom stereocenters. The number of fused-ring (bicyclic) bond motifs is 1. The number of benzene rings is 2. The van der Waals surface area contributed by atoms with Gasteiger partial charge in [0.15, 0.2) is 10.2 Å². The summed E-state index contributed by atoms with van der Waals surface area (Å²) < 4.78 is 30.1. The number of anilines is 2. The van der Waals surface area contributed by atoms with Gasteiger partial charge in [0.2, 0.25) is 0 Å². The smallest absolute Gasteiger partial charge is 0.279 e. The molecule has 2 aromatic heterocycles. The molecule has 2 aromatic carbocycles. The van der Waals surface area contributed by atoms with Crippen LogP contribution in [-0.2, 0) is 10.0 Å². The number of para-hydroxylation sites is 1. The van der Waals surface area contributed by atoms with Crippen molar-refractivity contribution in [1.29, 1.82) is 0 Å². The van der Waals surface area contributed by atoms with Gasteiger partial charge in [-0.15, -0.1) is 0 Å². The summed E-state index contributed by atoms with van der Waals surface area (Å²) in [5, 5.41) is 0.831. The summed E-state index contributed by atoms with van der Waals surface area (Å²) in [6.45, 7) is 2.32. The van der Waals surface area contributed by atoms with Crippen LogP contribution < -0.4 is 9.62 Å². The molecule has 5 rings (SSSR count). The Morgan fingerprint density at radius 1 is 1.00 bits per heavy atom. The minimum absolute atomic E-state index is 0. The van der Waals surface area contributed by atoms with Crippen LogP contribution in [-0.4, -0.2) is 74.2 Å². The summed E-state index contributed by atoms with van der Waals surface area (Å²) in [5.74, 6) is -0.216. The zero-order chi connectivity index (χ0) is 23.7. The third-order valence-electron chi connectivity index (χ3n) is 5.49. The Morgan fingerprint density at radius 2 is 1.74 bits per heavy atom. The Morgan fingerprint density at radius 3 is 2.49 bits per heavy atom. The minimum atomic E-state index is -3.91. The number of halogens is 1. The Labute approximate surface area is 227 Å². The van der Waals surface area contributed by atoms with Crippen LogP contribution in [0.5, 0.6) is 0 Å². The largest absolute Gasteiger partial charge is 0.345 e. The van der Waals surface area contributed by atoms with Crippen LogP contribution in [0.4, 0.5) is 10.8 Å². The summed E-state index contributed by atoms with van der Waals surface area (Å²) in [6.07, 6.45) is 1.41. The van der Waals surface area contributed by atoms with Crippen molar-refractivity contribution in [2.45, 2.75) is 5.03 Å².